The molecular weight excluding hydrogens is 475 g/mol. The van der Waals surface area contributed by atoms with Crippen LogP contribution in [-0.4, -0.2) is 22.4 Å². The number of nitrogens with one attached hydrogen (secondary N) is 1. The van der Waals surface area contributed by atoms with Crippen molar-refractivity contribution in [3.8, 4) is 0 Å². The molecule has 0 aromatic carbocycles. The van der Waals surface area contributed by atoms with Crippen LogP contribution >= 0.6 is 50.1 Å². The number of carbonyl (C=O) groups is 1. The van der Waals surface area contributed by atoms with Crippen molar-refractivity contribution in [1.29, 1.82) is 0 Å². The first-order chi connectivity index (χ1) is 9.99. The van der Waals surface area contributed by atoms with Gasteiger partial charge in [-0.1, -0.05) is 11.6 Å². The third-order valence-corrected chi connectivity index (χ3v) is 4.27. The summed E-state index contributed by atoms with van der Waals surface area (Å²) in [4.78, 5) is 19.6. The van der Waals surface area contributed by atoms with Crippen LogP contribution in [0.15, 0.2) is 29.0 Å². The lowest BCUT2D eigenvalue weighted by Gasteiger charge is -2.08. The zero-order valence-corrected chi connectivity index (χ0v) is 15.0. The second kappa shape index (κ2) is 7.46. The van der Waals surface area contributed by atoms with E-state index in [1.54, 1.807) is 18.3 Å². The van der Waals surface area contributed by atoms with Gasteiger partial charge in [-0.25, -0.2) is 4.98 Å². The number of halogens is 4. The fourth-order valence-electron chi connectivity index (χ4n) is 1.63. The number of amides is 1. The minimum Gasteiger partial charge on any atom is -0.351 e. The zero-order chi connectivity index (χ0) is 15.4. The molecule has 2 heterocycles. The van der Waals surface area contributed by atoms with Gasteiger partial charge in [0, 0.05) is 33.4 Å². The Bertz CT molecular complexity index is 666. The van der Waals surface area contributed by atoms with E-state index >= 15 is 0 Å². The number of hydrogen-bond donors (Lipinski definition) is 1. The third kappa shape index (κ3) is 4.33. The van der Waals surface area contributed by atoms with E-state index in [1.165, 1.54) is 6.20 Å². The van der Waals surface area contributed by atoms with Crippen molar-refractivity contribution in [2.75, 3.05) is 6.54 Å². The Kier molecular flexibility index (Phi) is 5.88. The van der Waals surface area contributed by atoms with Crippen molar-refractivity contribution in [2.45, 2.75) is 6.42 Å². The van der Waals surface area contributed by atoms with Crippen molar-refractivity contribution in [3.63, 3.8) is 0 Å². The van der Waals surface area contributed by atoms with Crippen LogP contribution in [0.3, 0.4) is 0 Å². The molecular formula is C13H9BrClFIN3O. The molecule has 2 rings (SSSR count). The molecule has 0 aliphatic heterocycles. The second-order valence-corrected chi connectivity index (χ2v) is 6.53. The molecule has 110 valence electrons. The average molecular weight is 484 g/mol. The van der Waals surface area contributed by atoms with Crippen LogP contribution < -0.4 is 5.32 Å². The number of rotatable bonds is 4. The Morgan fingerprint density at radius 2 is 2.24 bits per heavy atom. The first-order valence-corrected chi connectivity index (χ1v) is 8.12. The average Bonchev–Trinajstić information content (AvgIpc) is 2.41. The maximum absolute atomic E-state index is 13.5. The van der Waals surface area contributed by atoms with Crippen molar-refractivity contribution in [2.24, 2.45) is 0 Å². The molecule has 2 aromatic heterocycles. The van der Waals surface area contributed by atoms with Gasteiger partial charge in [-0.3, -0.25) is 9.78 Å². The fraction of sp³-hybridized carbons (Fsp3) is 0.154. The third-order valence-electron chi connectivity index (χ3n) is 2.61. The van der Waals surface area contributed by atoms with Gasteiger partial charge in [0.25, 0.3) is 5.91 Å². The Labute approximate surface area is 147 Å². The summed E-state index contributed by atoms with van der Waals surface area (Å²) in [5.41, 5.74) is 0.620. The monoisotopic (exact) mass is 483 g/mol. The maximum Gasteiger partial charge on any atom is 0.257 e. The molecule has 0 aliphatic carbocycles. The van der Waals surface area contributed by atoms with E-state index in [2.05, 4.69) is 31.2 Å². The van der Waals surface area contributed by atoms with E-state index in [-0.39, 0.29) is 5.56 Å². The highest BCUT2D eigenvalue weighted by atomic mass is 127. The highest BCUT2D eigenvalue weighted by Gasteiger charge is 2.16. The van der Waals surface area contributed by atoms with Gasteiger partial charge in [0.2, 0.25) is 5.95 Å². The van der Waals surface area contributed by atoms with Crippen LogP contribution in [0.1, 0.15) is 16.1 Å². The van der Waals surface area contributed by atoms with Crippen LogP contribution in [0.25, 0.3) is 0 Å². The SMILES string of the molecule is O=C(NCCc1ncc(Br)cc1Cl)c1c(I)ccnc1F. The van der Waals surface area contributed by atoms with Gasteiger partial charge < -0.3 is 5.32 Å². The predicted molar refractivity (Wildman–Crippen MR) is 89.9 cm³/mol. The van der Waals surface area contributed by atoms with Gasteiger partial charge in [0.05, 0.1) is 10.7 Å². The Morgan fingerprint density at radius 1 is 1.48 bits per heavy atom. The smallest absolute Gasteiger partial charge is 0.257 e. The van der Waals surface area contributed by atoms with Crippen LogP contribution in [0.4, 0.5) is 4.39 Å². The molecule has 0 atom stereocenters. The number of carbonyl (C=O) groups excluding carboxylic acids is 1. The summed E-state index contributed by atoms with van der Waals surface area (Å²) in [5.74, 6) is -1.28. The van der Waals surface area contributed by atoms with Crippen molar-refractivity contribution < 1.29 is 9.18 Å². The van der Waals surface area contributed by atoms with E-state index < -0.39 is 11.9 Å². The minimum atomic E-state index is -0.779. The van der Waals surface area contributed by atoms with Crippen LogP contribution in [-0.2, 0) is 6.42 Å². The zero-order valence-electron chi connectivity index (χ0n) is 10.5. The Morgan fingerprint density at radius 3 is 2.90 bits per heavy atom. The fourth-order valence-corrected chi connectivity index (χ4v) is 2.98. The van der Waals surface area contributed by atoms with Crippen molar-refractivity contribution >= 4 is 56.0 Å². The normalized spacial score (nSPS) is 10.5. The largest absolute Gasteiger partial charge is 0.351 e. The molecule has 0 fully saturated rings. The molecule has 0 radical (unpaired) electrons. The molecule has 1 amide bonds. The summed E-state index contributed by atoms with van der Waals surface area (Å²) >= 11 is 11.2. The summed E-state index contributed by atoms with van der Waals surface area (Å²) < 4.78 is 14.8. The first-order valence-electron chi connectivity index (χ1n) is 5.87. The molecule has 8 heteroatoms. The number of hydrogen-bond acceptors (Lipinski definition) is 3. The van der Waals surface area contributed by atoms with Gasteiger partial charge in [-0.05, 0) is 50.7 Å². The predicted octanol–water partition coefficient (Wildman–Crippen LogP) is 3.61. The van der Waals surface area contributed by atoms with Gasteiger partial charge in [0.15, 0.2) is 0 Å². The van der Waals surface area contributed by atoms with Crippen molar-refractivity contribution in [1.82, 2.24) is 15.3 Å². The standard InChI is InChI=1S/C13H9BrClFIN3O/c14-7-5-8(15)10(20-6-7)2-4-19-13(21)11-9(17)1-3-18-12(11)16/h1,3,5-6H,2,4H2,(H,19,21). The van der Waals surface area contributed by atoms with E-state index in [0.29, 0.717) is 27.3 Å². The molecule has 0 bridgehead atoms. The second-order valence-electron chi connectivity index (χ2n) is 4.05. The molecule has 4 nitrogen and oxygen atoms in total. The summed E-state index contributed by atoms with van der Waals surface area (Å²) in [7, 11) is 0. The van der Waals surface area contributed by atoms with E-state index in [9.17, 15) is 9.18 Å². The number of nitrogens with zero attached hydrogens (tertiary/aromatic N) is 2. The van der Waals surface area contributed by atoms with Crippen molar-refractivity contribution in [3.05, 3.63) is 54.8 Å². The topological polar surface area (TPSA) is 54.9 Å². The highest BCUT2D eigenvalue weighted by molar-refractivity contribution is 14.1. The molecule has 0 unspecified atom stereocenters. The highest BCUT2D eigenvalue weighted by Crippen LogP contribution is 2.19. The lowest BCUT2D eigenvalue weighted by atomic mass is 10.2. The van der Waals surface area contributed by atoms with Gasteiger partial charge in [-0.2, -0.15) is 4.39 Å². The molecule has 0 aliphatic rings. The molecule has 2 aromatic rings. The summed E-state index contributed by atoms with van der Waals surface area (Å²) in [6.07, 6.45) is 3.41. The summed E-state index contributed by atoms with van der Waals surface area (Å²) in [6, 6.07) is 3.31. The minimum absolute atomic E-state index is 0.0482. The van der Waals surface area contributed by atoms with E-state index in [4.69, 9.17) is 11.6 Å². The van der Waals surface area contributed by atoms with Gasteiger partial charge in [0.1, 0.15) is 5.56 Å². The van der Waals surface area contributed by atoms with Crippen LogP contribution in [0.2, 0.25) is 5.02 Å². The molecule has 21 heavy (non-hydrogen) atoms. The summed E-state index contributed by atoms with van der Waals surface area (Å²) in [5, 5.41) is 3.15. The Hall–Kier alpha value is -0.800. The summed E-state index contributed by atoms with van der Waals surface area (Å²) in [6.45, 7) is 0.303. The Balaban J connectivity index is 1.99. The molecule has 0 saturated heterocycles. The maximum atomic E-state index is 13.5. The first kappa shape index (κ1) is 16.6. The van der Waals surface area contributed by atoms with E-state index in [0.717, 1.165) is 4.47 Å². The quantitative estimate of drug-likeness (QED) is 0.533. The van der Waals surface area contributed by atoms with Crippen LogP contribution in [0, 0.1) is 9.52 Å². The molecule has 0 saturated carbocycles. The van der Waals surface area contributed by atoms with Gasteiger partial charge in [-0.15, -0.1) is 0 Å². The van der Waals surface area contributed by atoms with Crippen LogP contribution in [0.5, 0.6) is 0 Å². The lowest BCUT2D eigenvalue weighted by Crippen LogP contribution is -2.28. The molecule has 1 N–H and O–H groups in total. The molecule has 0 spiro atoms. The van der Waals surface area contributed by atoms with E-state index in [1.807, 2.05) is 22.6 Å². The number of aromatic nitrogens is 2. The number of pyridine rings is 2. The lowest BCUT2D eigenvalue weighted by molar-refractivity contribution is 0.0948. The van der Waals surface area contributed by atoms with Gasteiger partial charge >= 0.3 is 0 Å².